The molecule has 0 heterocycles. The topological polar surface area (TPSA) is 78.4 Å². The third-order valence-corrected chi connectivity index (χ3v) is 6.54. The Bertz CT molecular complexity index is 502. The second kappa shape index (κ2) is 23.3. The second-order valence-corrected chi connectivity index (χ2v) is 11.7. The molecule has 5 nitrogen and oxygen atoms in total. The predicted molar refractivity (Wildman–Crippen MR) is 149 cm³/mol. The Kier molecular flexibility index (Phi) is 22.6. The van der Waals surface area contributed by atoms with Gasteiger partial charge in [-0.3, -0.25) is 9.59 Å². The van der Waals surface area contributed by atoms with E-state index in [0.717, 1.165) is 25.7 Å². The highest BCUT2D eigenvalue weighted by molar-refractivity contribution is 5.79. The highest BCUT2D eigenvalue weighted by Crippen LogP contribution is 2.18. The predicted octanol–water partition coefficient (Wildman–Crippen LogP) is 7.45. The van der Waals surface area contributed by atoms with Crippen molar-refractivity contribution in [1.82, 2.24) is 10.6 Å². The highest BCUT2D eigenvalue weighted by atomic mass is 16.3. The van der Waals surface area contributed by atoms with E-state index in [2.05, 4.69) is 17.6 Å². The number of aliphatic hydroxyl groups excluding tert-OH is 1. The highest BCUT2D eigenvalue weighted by Gasteiger charge is 2.15. The summed E-state index contributed by atoms with van der Waals surface area (Å²) in [7, 11) is 0. The van der Waals surface area contributed by atoms with Gasteiger partial charge in [-0.05, 0) is 24.7 Å². The van der Waals surface area contributed by atoms with Crippen molar-refractivity contribution in [1.29, 1.82) is 0 Å². The normalized spacial score (nSPS) is 12.5. The molecule has 3 N–H and O–H groups in total. The van der Waals surface area contributed by atoms with Gasteiger partial charge in [-0.1, -0.05) is 124 Å². The summed E-state index contributed by atoms with van der Waals surface area (Å²) < 4.78 is 0. The number of carbonyl (C=O) groups is 2. The zero-order valence-electron chi connectivity index (χ0n) is 23.9. The lowest BCUT2D eigenvalue weighted by Gasteiger charge is -2.17. The summed E-state index contributed by atoms with van der Waals surface area (Å²) in [5.41, 5.74) is -0.0421. The average Bonchev–Trinajstić information content (AvgIpc) is 2.78. The van der Waals surface area contributed by atoms with Crippen LogP contribution in [0.4, 0.5) is 0 Å². The van der Waals surface area contributed by atoms with Gasteiger partial charge >= 0.3 is 0 Å². The molecular formula is C30H60N2O3. The molecule has 0 aromatic heterocycles. The average molecular weight is 497 g/mol. The van der Waals surface area contributed by atoms with Gasteiger partial charge in [-0.25, -0.2) is 0 Å². The number of nitrogens with one attached hydrogen (secondary N) is 2. The minimum atomic E-state index is -0.259. The molecule has 0 fully saturated rings. The molecule has 0 aliphatic carbocycles. The van der Waals surface area contributed by atoms with E-state index in [4.69, 9.17) is 0 Å². The molecule has 0 aliphatic heterocycles. The molecule has 0 saturated heterocycles. The van der Waals surface area contributed by atoms with Crippen molar-refractivity contribution in [3.05, 3.63) is 0 Å². The minimum absolute atomic E-state index is 0.00720. The van der Waals surface area contributed by atoms with Gasteiger partial charge in [-0.2, -0.15) is 0 Å². The number of rotatable bonds is 24. The van der Waals surface area contributed by atoms with Gasteiger partial charge in [0.2, 0.25) is 11.8 Å². The summed E-state index contributed by atoms with van der Waals surface area (Å²) in [6.45, 7) is 9.31. The second-order valence-electron chi connectivity index (χ2n) is 11.7. The quantitative estimate of drug-likeness (QED) is 0.121. The Morgan fingerprint density at radius 1 is 0.629 bits per heavy atom. The molecule has 0 spiro atoms. The minimum Gasteiger partial charge on any atom is -0.393 e. The molecule has 0 aromatic rings. The Morgan fingerprint density at radius 2 is 1.06 bits per heavy atom. The van der Waals surface area contributed by atoms with Gasteiger partial charge in [0, 0.05) is 25.9 Å². The number of carbonyl (C=O) groups excluding carboxylic acids is 2. The van der Waals surface area contributed by atoms with E-state index in [1.165, 1.54) is 89.9 Å². The summed E-state index contributed by atoms with van der Waals surface area (Å²) >= 11 is 0. The third kappa shape index (κ3) is 27.3. The first-order valence-electron chi connectivity index (χ1n) is 15.0. The first-order chi connectivity index (χ1) is 16.7. The molecule has 0 rings (SSSR count). The summed E-state index contributed by atoms with van der Waals surface area (Å²) in [5, 5.41) is 15.8. The van der Waals surface area contributed by atoms with Gasteiger partial charge in [0.15, 0.2) is 0 Å². The molecule has 0 aromatic carbocycles. The van der Waals surface area contributed by atoms with E-state index in [-0.39, 0.29) is 23.3 Å². The standard InChI is InChI=1S/C30H60N2O3/c1-5-6-7-8-9-10-11-12-13-14-15-16-17-18-19-21-27(33)22-20-24-31-28(34)23-25-32-29(35)26-30(2,3)4/h27,33H,5-26H2,1-4H3,(H,31,34)(H,32,35). The van der Waals surface area contributed by atoms with Crippen LogP contribution in [0.5, 0.6) is 0 Å². The van der Waals surface area contributed by atoms with Gasteiger partial charge in [-0.15, -0.1) is 0 Å². The molecule has 1 unspecified atom stereocenters. The van der Waals surface area contributed by atoms with Crippen LogP contribution in [-0.4, -0.2) is 36.1 Å². The molecular weight excluding hydrogens is 436 g/mol. The number of amides is 2. The van der Waals surface area contributed by atoms with Crippen molar-refractivity contribution in [2.45, 2.75) is 162 Å². The van der Waals surface area contributed by atoms with Crippen molar-refractivity contribution >= 4 is 11.8 Å². The molecule has 208 valence electrons. The van der Waals surface area contributed by atoms with Crippen LogP contribution in [0.1, 0.15) is 156 Å². The molecule has 0 aliphatic rings. The fraction of sp³-hybridized carbons (Fsp3) is 0.933. The van der Waals surface area contributed by atoms with Crippen molar-refractivity contribution < 1.29 is 14.7 Å². The molecule has 5 heteroatoms. The van der Waals surface area contributed by atoms with Crippen LogP contribution in [0.2, 0.25) is 0 Å². The van der Waals surface area contributed by atoms with Gasteiger partial charge in [0.1, 0.15) is 0 Å². The fourth-order valence-corrected chi connectivity index (χ4v) is 4.41. The van der Waals surface area contributed by atoms with Crippen LogP contribution in [0.25, 0.3) is 0 Å². The monoisotopic (exact) mass is 496 g/mol. The van der Waals surface area contributed by atoms with E-state index in [9.17, 15) is 14.7 Å². The first-order valence-corrected chi connectivity index (χ1v) is 15.0. The van der Waals surface area contributed by atoms with Crippen LogP contribution in [0.3, 0.4) is 0 Å². The number of hydrogen-bond acceptors (Lipinski definition) is 3. The van der Waals surface area contributed by atoms with Crippen molar-refractivity contribution in [3.63, 3.8) is 0 Å². The van der Waals surface area contributed by atoms with Gasteiger partial charge in [0.05, 0.1) is 6.10 Å². The summed E-state index contributed by atoms with van der Waals surface area (Å²) in [4.78, 5) is 23.6. The van der Waals surface area contributed by atoms with Crippen molar-refractivity contribution in [2.75, 3.05) is 13.1 Å². The zero-order chi connectivity index (χ0) is 26.2. The Morgan fingerprint density at radius 3 is 1.54 bits per heavy atom. The van der Waals surface area contributed by atoms with E-state index in [1.807, 2.05) is 20.8 Å². The maximum atomic E-state index is 11.9. The van der Waals surface area contributed by atoms with Gasteiger partial charge < -0.3 is 15.7 Å². The van der Waals surface area contributed by atoms with Crippen molar-refractivity contribution in [2.24, 2.45) is 5.41 Å². The molecule has 35 heavy (non-hydrogen) atoms. The Balaban J connectivity index is 3.37. The lowest BCUT2D eigenvalue weighted by Crippen LogP contribution is -2.32. The summed E-state index contributed by atoms with van der Waals surface area (Å²) in [6.07, 6.45) is 23.3. The van der Waals surface area contributed by atoms with E-state index < -0.39 is 0 Å². The van der Waals surface area contributed by atoms with Crippen LogP contribution < -0.4 is 10.6 Å². The van der Waals surface area contributed by atoms with E-state index in [1.54, 1.807) is 0 Å². The molecule has 0 saturated carbocycles. The largest absolute Gasteiger partial charge is 0.393 e. The van der Waals surface area contributed by atoms with E-state index in [0.29, 0.717) is 25.9 Å². The Hall–Kier alpha value is -1.10. The van der Waals surface area contributed by atoms with Crippen LogP contribution >= 0.6 is 0 Å². The third-order valence-electron chi connectivity index (χ3n) is 6.54. The maximum absolute atomic E-state index is 11.9. The zero-order valence-corrected chi connectivity index (χ0v) is 23.9. The fourth-order valence-electron chi connectivity index (χ4n) is 4.41. The van der Waals surface area contributed by atoms with E-state index >= 15 is 0 Å². The smallest absolute Gasteiger partial charge is 0.221 e. The summed E-state index contributed by atoms with van der Waals surface area (Å²) in [6, 6.07) is 0. The SMILES string of the molecule is CCCCCCCCCCCCCCCCCC(O)CCCNC(=O)CCNC(=O)CC(C)(C)C. The van der Waals surface area contributed by atoms with Crippen LogP contribution in [0, 0.1) is 5.41 Å². The first kappa shape index (κ1) is 33.9. The molecule has 0 bridgehead atoms. The maximum Gasteiger partial charge on any atom is 0.221 e. The Labute approximate surface area is 218 Å². The lowest BCUT2D eigenvalue weighted by atomic mass is 9.92. The summed E-state index contributed by atoms with van der Waals surface area (Å²) in [5.74, 6) is -0.0508. The van der Waals surface area contributed by atoms with Crippen LogP contribution in [0.15, 0.2) is 0 Å². The molecule has 0 radical (unpaired) electrons. The van der Waals surface area contributed by atoms with Crippen molar-refractivity contribution in [3.8, 4) is 0 Å². The number of aliphatic hydroxyl groups is 1. The molecule has 2 amide bonds. The number of hydrogen-bond donors (Lipinski definition) is 3. The molecule has 1 atom stereocenters. The van der Waals surface area contributed by atoms with Crippen LogP contribution in [-0.2, 0) is 9.59 Å². The lowest BCUT2D eigenvalue weighted by molar-refractivity contribution is -0.123. The van der Waals surface area contributed by atoms with Gasteiger partial charge in [0.25, 0.3) is 0 Å². The number of unbranched alkanes of at least 4 members (excludes halogenated alkanes) is 14.